The molecule has 288 valence electrons. The van der Waals surface area contributed by atoms with Crippen molar-refractivity contribution in [2.45, 2.75) is 44.4 Å². The minimum Gasteiger partial charge on any atom is -0.481 e. The number of aliphatic carboxylic acids is 1. The molecule has 0 spiro atoms. The molecule has 17 nitrogen and oxygen atoms in total. The van der Waals surface area contributed by atoms with Crippen LogP contribution in [-0.4, -0.2) is 130 Å². The zero-order valence-electron chi connectivity index (χ0n) is 29.4. The summed E-state index contributed by atoms with van der Waals surface area (Å²) in [7, 11) is 0. The Hall–Kier alpha value is -6.04. The van der Waals surface area contributed by atoms with Crippen molar-refractivity contribution in [1.29, 1.82) is 0 Å². The van der Waals surface area contributed by atoms with Crippen molar-refractivity contribution in [2.75, 3.05) is 52.6 Å². The summed E-state index contributed by atoms with van der Waals surface area (Å²) >= 11 is 0. The number of hydrogen-bond acceptors (Lipinski definition) is 11. The van der Waals surface area contributed by atoms with Gasteiger partial charge in [-0.1, -0.05) is 48.5 Å². The van der Waals surface area contributed by atoms with E-state index in [9.17, 15) is 38.3 Å². The first kappa shape index (κ1) is 39.2. The number of nitrogens with zero attached hydrogens (tertiary/aromatic N) is 5. The van der Waals surface area contributed by atoms with Crippen molar-refractivity contribution in [1.82, 2.24) is 35.3 Å². The van der Waals surface area contributed by atoms with E-state index in [1.54, 1.807) is 42.5 Å². The van der Waals surface area contributed by atoms with Gasteiger partial charge >= 0.3 is 12.1 Å². The number of carbonyl (C=O) groups excluding carboxylic acids is 5. The first-order chi connectivity index (χ1) is 26.1. The molecule has 2 atom stereocenters. The number of aromatic nitrogens is 2. The summed E-state index contributed by atoms with van der Waals surface area (Å²) in [6.07, 6.45) is -0.516. The van der Waals surface area contributed by atoms with Crippen LogP contribution in [0.2, 0.25) is 0 Å². The maximum absolute atomic E-state index is 13.6. The minimum absolute atomic E-state index is 0.0177. The third-order valence-corrected chi connectivity index (χ3v) is 8.73. The maximum Gasteiger partial charge on any atom is 0.528 e. The van der Waals surface area contributed by atoms with Crippen LogP contribution in [0.1, 0.15) is 41.7 Å². The van der Waals surface area contributed by atoms with Gasteiger partial charge in [0, 0.05) is 38.7 Å². The molecule has 18 heteroatoms. The molecule has 0 bridgehead atoms. The number of hydrogen-bond donors (Lipinski definition) is 3. The number of halogens is 1. The van der Waals surface area contributed by atoms with E-state index in [4.69, 9.17) is 14.3 Å². The van der Waals surface area contributed by atoms with Crippen LogP contribution in [0.4, 0.5) is 9.18 Å². The number of hydroxylamine groups is 2. The molecular formula is C36H42FN7O10. The van der Waals surface area contributed by atoms with Crippen molar-refractivity contribution < 1.29 is 52.6 Å². The van der Waals surface area contributed by atoms with Crippen LogP contribution in [0.3, 0.4) is 0 Å². The fourth-order valence-corrected chi connectivity index (χ4v) is 6.00. The number of carboxylic acid groups (broad SMARTS) is 1. The van der Waals surface area contributed by atoms with Crippen LogP contribution in [0, 0.1) is 0 Å². The van der Waals surface area contributed by atoms with Crippen LogP contribution in [0.25, 0.3) is 5.69 Å². The number of para-hydroxylation sites is 1. The van der Waals surface area contributed by atoms with Gasteiger partial charge < -0.3 is 39.9 Å². The number of carbonyl (C=O) groups is 6. The third kappa shape index (κ3) is 10.8. The topological polar surface area (TPSA) is 202 Å². The molecule has 1 aromatic heterocycles. The molecule has 2 aromatic carbocycles. The smallest absolute Gasteiger partial charge is 0.481 e. The first-order valence-electron chi connectivity index (χ1n) is 17.5. The lowest BCUT2D eigenvalue weighted by molar-refractivity contribution is -0.158. The van der Waals surface area contributed by atoms with Gasteiger partial charge in [-0.15, -0.1) is 5.06 Å². The Labute approximate surface area is 309 Å². The van der Waals surface area contributed by atoms with Gasteiger partial charge in [0.1, 0.15) is 25.4 Å². The molecule has 2 aliphatic rings. The number of alkyl halides is 1. The number of rotatable bonds is 16. The van der Waals surface area contributed by atoms with Crippen LogP contribution >= 0.6 is 0 Å². The second kappa shape index (κ2) is 19.2. The Morgan fingerprint density at radius 2 is 1.65 bits per heavy atom. The molecule has 2 fully saturated rings. The van der Waals surface area contributed by atoms with E-state index in [2.05, 4.69) is 15.7 Å². The van der Waals surface area contributed by atoms with E-state index in [1.807, 2.05) is 18.2 Å². The van der Waals surface area contributed by atoms with Crippen LogP contribution in [0.5, 0.6) is 5.88 Å². The zero-order chi connectivity index (χ0) is 38.5. The van der Waals surface area contributed by atoms with Crippen LogP contribution in [-0.2, 0) is 35.4 Å². The van der Waals surface area contributed by atoms with Crippen molar-refractivity contribution in [3.8, 4) is 11.6 Å². The number of benzene rings is 2. The Bertz CT molecular complexity index is 1770. The van der Waals surface area contributed by atoms with E-state index in [0.29, 0.717) is 25.1 Å². The van der Waals surface area contributed by atoms with Crippen LogP contribution < -0.4 is 15.4 Å². The van der Waals surface area contributed by atoms with Gasteiger partial charge in [0.05, 0.1) is 18.8 Å². The molecule has 0 aliphatic carbocycles. The third-order valence-electron chi connectivity index (χ3n) is 8.73. The SMILES string of the molecule is O=C(O)CC[C@H](NC(=O)c1cc(OCC(=O)N2CCC[C@H]2C(=O)NCCF)n(-c2ccccc2)n1)C(=O)N1CCN(OC(=O)OCc2ccccc2)CC1. The fourth-order valence-electron chi connectivity index (χ4n) is 6.00. The predicted molar refractivity (Wildman–Crippen MR) is 187 cm³/mol. The van der Waals surface area contributed by atoms with Crippen molar-refractivity contribution in [3.05, 3.63) is 78.0 Å². The summed E-state index contributed by atoms with van der Waals surface area (Å²) in [5.41, 5.74) is 1.10. The monoisotopic (exact) mass is 751 g/mol. The number of ether oxygens (including phenoxy) is 2. The van der Waals surface area contributed by atoms with E-state index < -0.39 is 67.5 Å². The van der Waals surface area contributed by atoms with E-state index in [-0.39, 0.29) is 57.3 Å². The van der Waals surface area contributed by atoms with E-state index >= 15 is 0 Å². The zero-order valence-corrected chi connectivity index (χ0v) is 29.4. The van der Waals surface area contributed by atoms with Crippen molar-refractivity contribution in [3.63, 3.8) is 0 Å². The quantitative estimate of drug-likeness (QED) is 0.179. The Morgan fingerprint density at radius 3 is 2.33 bits per heavy atom. The van der Waals surface area contributed by atoms with Gasteiger partial charge in [-0.05, 0) is 37.0 Å². The molecule has 0 unspecified atom stereocenters. The van der Waals surface area contributed by atoms with Crippen LogP contribution in [0.15, 0.2) is 66.7 Å². The minimum atomic E-state index is -1.24. The van der Waals surface area contributed by atoms with Gasteiger partial charge in [0.2, 0.25) is 17.7 Å². The molecule has 3 heterocycles. The summed E-state index contributed by atoms with van der Waals surface area (Å²) in [5, 5.41) is 20.2. The van der Waals surface area contributed by atoms with Crippen molar-refractivity contribution >= 4 is 35.8 Å². The highest BCUT2D eigenvalue weighted by Crippen LogP contribution is 2.22. The molecule has 2 saturated heterocycles. The number of amides is 4. The Balaban J connectivity index is 1.22. The summed E-state index contributed by atoms with van der Waals surface area (Å²) in [6, 6.07) is 17.0. The molecule has 54 heavy (non-hydrogen) atoms. The molecule has 3 N–H and O–H groups in total. The number of likely N-dealkylation sites (tertiary alicyclic amines) is 1. The summed E-state index contributed by atoms with van der Waals surface area (Å²) < 4.78 is 24.9. The fraction of sp³-hybridized carbons (Fsp3) is 0.417. The first-order valence-corrected chi connectivity index (χ1v) is 17.5. The highest BCUT2D eigenvalue weighted by Gasteiger charge is 2.35. The van der Waals surface area contributed by atoms with Gasteiger partial charge in [-0.2, -0.15) is 5.10 Å². The van der Waals surface area contributed by atoms with Crippen molar-refractivity contribution in [2.24, 2.45) is 0 Å². The molecule has 5 rings (SSSR count). The maximum atomic E-state index is 13.6. The normalized spacial score (nSPS) is 16.3. The van der Waals surface area contributed by atoms with Gasteiger partial charge in [-0.3, -0.25) is 24.0 Å². The Morgan fingerprint density at radius 1 is 0.944 bits per heavy atom. The summed E-state index contributed by atoms with van der Waals surface area (Å²) in [5.74, 6) is -3.41. The molecule has 3 aromatic rings. The second-order valence-corrected chi connectivity index (χ2v) is 12.5. The molecule has 4 amide bonds. The molecule has 2 aliphatic heterocycles. The lowest BCUT2D eigenvalue weighted by atomic mass is 10.1. The predicted octanol–water partition coefficient (Wildman–Crippen LogP) is 1.70. The number of carboxylic acids is 1. The Kier molecular flexibility index (Phi) is 13.9. The lowest BCUT2D eigenvalue weighted by Gasteiger charge is -2.35. The molecule has 0 saturated carbocycles. The molecular weight excluding hydrogens is 709 g/mol. The summed E-state index contributed by atoms with van der Waals surface area (Å²) in [6.45, 7) is -0.504. The largest absolute Gasteiger partial charge is 0.528 e. The van der Waals surface area contributed by atoms with Gasteiger partial charge in [0.25, 0.3) is 11.8 Å². The summed E-state index contributed by atoms with van der Waals surface area (Å²) in [4.78, 5) is 84.6. The average molecular weight is 752 g/mol. The molecule has 0 radical (unpaired) electrons. The standard InChI is InChI=1S/C36H42FN7O10/c37-15-16-38-34(49)29-12-7-17-43(29)30(45)24-52-31-22-28(40-44(31)26-10-5-2-6-11-26)33(48)39-27(13-14-32(46)47)35(50)41-18-20-42(21-19-41)54-36(51)53-23-25-8-3-1-4-9-25/h1-6,8-11,22,27,29H,7,12-21,23-24H2,(H,38,49)(H,39,48)(H,46,47)/t27-,29-/m0/s1. The number of nitrogens with one attached hydrogen (secondary N) is 2. The highest BCUT2D eigenvalue weighted by atomic mass is 19.1. The van der Waals surface area contributed by atoms with E-state index in [1.165, 1.54) is 25.6 Å². The lowest BCUT2D eigenvalue weighted by Crippen LogP contribution is -2.55. The van der Waals surface area contributed by atoms with Gasteiger partial charge in [0.15, 0.2) is 12.3 Å². The van der Waals surface area contributed by atoms with Gasteiger partial charge in [-0.25, -0.2) is 13.9 Å². The number of piperazine rings is 1. The highest BCUT2D eigenvalue weighted by molar-refractivity contribution is 5.96. The average Bonchev–Trinajstić information content (AvgIpc) is 3.86. The van der Waals surface area contributed by atoms with E-state index in [0.717, 1.165) is 5.56 Å². The second-order valence-electron chi connectivity index (χ2n) is 12.5.